The summed E-state index contributed by atoms with van der Waals surface area (Å²) < 4.78 is 13.8. The van der Waals surface area contributed by atoms with Gasteiger partial charge in [-0.15, -0.1) is 0 Å². The lowest BCUT2D eigenvalue weighted by Crippen LogP contribution is -2.29. The minimum atomic E-state index is -0.454. The van der Waals surface area contributed by atoms with Crippen LogP contribution in [-0.4, -0.2) is 23.1 Å². The number of aromatic nitrogens is 2. The highest BCUT2D eigenvalue weighted by Crippen LogP contribution is 2.27. The molecule has 1 aliphatic rings. The average molecular weight is 292 g/mol. The normalized spacial score (nSPS) is 15.4. The fraction of sp³-hybridized carbons (Fsp3) is 0.333. The molecule has 0 saturated carbocycles. The van der Waals surface area contributed by atoms with Crippen molar-refractivity contribution in [3.8, 4) is 11.3 Å². The molecule has 0 aliphatic carbocycles. The molecule has 0 amide bonds. The zero-order chi connectivity index (χ0) is 13.9. The van der Waals surface area contributed by atoms with Crippen molar-refractivity contribution in [2.75, 3.05) is 18.0 Å². The molecule has 1 fully saturated rings. The van der Waals surface area contributed by atoms with Gasteiger partial charge in [0, 0.05) is 24.3 Å². The van der Waals surface area contributed by atoms with E-state index in [9.17, 15) is 4.39 Å². The van der Waals surface area contributed by atoms with Crippen LogP contribution < -0.4 is 4.90 Å². The predicted molar refractivity (Wildman–Crippen MR) is 78.5 cm³/mol. The van der Waals surface area contributed by atoms with Gasteiger partial charge in [0.1, 0.15) is 5.69 Å². The van der Waals surface area contributed by atoms with Crippen molar-refractivity contribution in [1.29, 1.82) is 0 Å². The van der Waals surface area contributed by atoms with E-state index >= 15 is 0 Å². The lowest BCUT2D eigenvalue weighted by molar-refractivity contribution is 0.578. The van der Waals surface area contributed by atoms with Crippen LogP contribution in [0.1, 0.15) is 19.3 Å². The summed E-state index contributed by atoms with van der Waals surface area (Å²) in [6, 6.07) is 7.78. The topological polar surface area (TPSA) is 29.0 Å². The van der Waals surface area contributed by atoms with E-state index in [1.807, 2.05) is 18.2 Å². The molecule has 0 bridgehead atoms. The van der Waals surface area contributed by atoms with Crippen molar-refractivity contribution < 1.29 is 4.39 Å². The molecule has 5 heteroatoms. The van der Waals surface area contributed by atoms with Crippen molar-refractivity contribution in [1.82, 2.24) is 9.97 Å². The van der Waals surface area contributed by atoms with Crippen LogP contribution in [0.2, 0.25) is 5.28 Å². The SMILES string of the molecule is Fc1cnc(Cl)nc1-c1cccc(N2CCCCC2)c1. The number of nitrogens with zero attached hydrogens (tertiary/aromatic N) is 3. The van der Waals surface area contributed by atoms with Gasteiger partial charge in [-0.3, -0.25) is 0 Å². The second-order valence-electron chi connectivity index (χ2n) is 4.93. The van der Waals surface area contributed by atoms with Crippen molar-refractivity contribution >= 4 is 17.3 Å². The second kappa shape index (κ2) is 5.75. The summed E-state index contributed by atoms with van der Waals surface area (Å²) in [4.78, 5) is 9.96. The predicted octanol–water partition coefficient (Wildman–Crippen LogP) is 3.93. The Morgan fingerprint density at radius 3 is 2.75 bits per heavy atom. The molecule has 1 saturated heterocycles. The zero-order valence-electron chi connectivity index (χ0n) is 11.0. The standard InChI is InChI=1S/C15H15ClFN3/c16-15-18-10-13(17)14(19-15)11-5-4-6-12(9-11)20-7-2-1-3-8-20/h4-6,9-10H,1-3,7-8H2. The molecule has 0 radical (unpaired) electrons. The monoisotopic (exact) mass is 291 g/mol. The molecule has 20 heavy (non-hydrogen) atoms. The summed E-state index contributed by atoms with van der Waals surface area (Å²) in [5.74, 6) is -0.454. The van der Waals surface area contributed by atoms with E-state index in [4.69, 9.17) is 11.6 Å². The van der Waals surface area contributed by atoms with E-state index in [1.54, 1.807) is 0 Å². The Morgan fingerprint density at radius 2 is 1.95 bits per heavy atom. The Labute approximate surface area is 122 Å². The highest BCUT2D eigenvalue weighted by atomic mass is 35.5. The minimum Gasteiger partial charge on any atom is -0.372 e. The van der Waals surface area contributed by atoms with Crippen LogP contribution in [0.3, 0.4) is 0 Å². The van der Waals surface area contributed by atoms with Gasteiger partial charge in [0.05, 0.1) is 6.20 Å². The first-order valence-electron chi connectivity index (χ1n) is 6.77. The molecule has 3 rings (SSSR count). The van der Waals surface area contributed by atoms with Gasteiger partial charge >= 0.3 is 0 Å². The van der Waals surface area contributed by atoms with Crippen LogP contribution in [0.25, 0.3) is 11.3 Å². The second-order valence-corrected chi connectivity index (χ2v) is 5.27. The first-order chi connectivity index (χ1) is 9.74. The zero-order valence-corrected chi connectivity index (χ0v) is 11.8. The van der Waals surface area contributed by atoms with E-state index in [0.717, 1.165) is 30.5 Å². The van der Waals surface area contributed by atoms with Crippen LogP contribution in [0.5, 0.6) is 0 Å². The van der Waals surface area contributed by atoms with Crippen molar-refractivity contribution in [3.05, 3.63) is 41.6 Å². The minimum absolute atomic E-state index is 0.0600. The van der Waals surface area contributed by atoms with E-state index in [2.05, 4.69) is 20.9 Å². The van der Waals surface area contributed by atoms with Gasteiger partial charge in [-0.2, -0.15) is 0 Å². The average Bonchev–Trinajstić information content (AvgIpc) is 2.51. The lowest BCUT2D eigenvalue weighted by atomic mass is 10.1. The largest absolute Gasteiger partial charge is 0.372 e. The summed E-state index contributed by atoms with van der Waals surface area (Å²) in [6.45, 7) is 2.10. The quantitative estimate of drug-likeness (QED) is 0.785. The maximum absolute atomic E-state index is 13.8. The highest BCUT2D eigenvalue weighted by molar-refractivity contribution is 6.28. The van der Waals surface area contributed by atoms with Crippen LogP contribution in [0.15, 0.2) is 30.5 Å². The van der Waals surface area contributed by atoms with Gasteiger partial charge in [-0.05, 0) is 43.0 Å². The summed E-state index contributed by atoms with van der Waals surface area (Å²) >= 11 is 5.76. The fourth-order valence-corrected chi connectivity index (χ4v) is 2.68. The van der Waals surface area contributed by atoms with Crippen molar-refractivity contribution in [3.63, 3.8) is 0 Å². The molecule has 0 unspecified atom stereocenters. The Kier molecular flexibility index (Phi) is 3.83. The molecule has 2 aromatic rings. The molecule has 104 valence electrons. The van der Waals surface area contributed by atoms with E-state index in [1.165, 1.54) is 19.3 Å². The first-order valence-corrected chi connectivity index (χ1v) is 7.15. The van der Waals surface area contributed by atoms with Gasteiger partial charge < -0.3 is 4.90 Å². The van der Waals surface area contributed by atoms with E-state index in [-0.39, 0.29) is 11.0 Å². The molecule has 0 atom stereocenters. The third-order valence-electron chi connectivity index (χ3n) is 3.56. The third-order valence-corrected chi connectivity index (χ3v) is 3.74. The molecule has 0 N–H and O–H groups in total. The Bertz CT molecular complexity index is 612. The number of piperidine rings is 1. The third kappa shape index (κ3) is 2.75. The smallest absolute Gasteiger partial charge is 0.223 e. The lowest BCUT2D eigenvalue weighted by Gasteiger charge is -2.29. The molecular weight excluding hydrogens is 277 g/mol. The number of halogens is 2. The van der Waals surface area contributed by atoms with Crippen molar-refractivity contribution in [2.45, 2.75) is 19.3 Å². The molecule has 1 aliphatic heterocycles. The number of benzene rings is 1. The van der Waals surface area contributed by atoms with Gasteiger partial charge in [-0.25, -0.2) is 14.4 Å². The first kappa shape index (κ1) is 13.3. The van der Waals surface area contributed by atoms with E-state index in [0.29, 0.717) is 0 Å². The summed E-state index contributed by atoms with van der Waals surface area (Å²) in [7, 11) is 0. The van der Waals surface area contributed by atoms with Crippen molar-refractivity contribution in [2.24, 2.45) is 0 Å². The van der Waals surface area contributed by atoms with Crippen LogP contribution in [0, 0.1) is 5.82 Å². The Hall–Kier alpha value is -1.68. The van der Waals surface area contributed by atoms with Gasteiger partial charge in [0.25, 0.3) is 0 Å². The Balaban J connectivity index is 1.96. The summed E-state index contributed by atoms with van der Waals surface area (Å²) in [5.41, 5.74) is 2.09. The maximum Gasteiger partial charge on any atom is 0.223 e. The maximum atomic E-state index is 13.8. The van der Waals surface area contributed by atoms with Crippen LogP contribution in [0.4, 0.5) is 10.1 Å². The molecule has 1 aromatic heterocycles. The fourth-order valence-electron chi connectivity index (χ4n) is 2.55. The van der Waals surface area contributed by atoms with Gasteiger partial charge in [0.2, 0.25) is 5.28 Å². The molecule has 2 heterocycles. The number of rotatable bonds is 2. The van der Waals surface area contributed by atoms with Gasteiger partial charge in [-0.1, -0.05) is 12.1 Å². The van der Waals surface area contributed by atoms with Crippen LogP contribution in [-0.2, 0) is 0 Å². The molecule has 0 spiro atoms. The highest BCUT2D eigenvalue weighted by Gasteiger charge is 2.13. The number of anilines is 1. The molecular formula is C15H15ClFN3. The molecule has 3 nitrogen and oxygen atoms in total. The Morgan fingerprint density at radius 1 is 1.15 bits per heavy atom. The number of hydrogen-bond acceptors (Lipinski definition) is 3. The number of hydrogen-bond donors (Lipinski definition) is 0. The van der Waals surface area contributed by atoms with Gasteiger partial charge in [0.15, 0.2) is 5.82 Å². The van der Waals surface area contributed by atoms with E-state index < -0.39 is 5.82 Å². The summed E-state index contributed by atoms with van der Waals surface area (Å²) in [5, 5.41) is 0.0600. The van der Waals surface area contributed by atoms with Crippen LogP contribution >= 0.6 is 11.6 Å². The summed E-state index contributed by atoms with van der Waals surface area (Å²) in [6.07, 6.45) is 4.81. The molecule has 1 aromatic carbocycles.